The number of hydrogen-bond acceptors (Lipinski definition) is 6. The molecule has 1 aliphatic rings. The van der Waals surface area contributed by atoms with Crippen LogP contribution < -0.4 is 0 Å². The van der Waals surface area contributed by atoms with E-state index in [2.05, 4.69) is 0 Å². The van der Waals surface area contributed by atoms with Gasteiger partial charge in [0.1, 0.15) is 0 Å². The van der Waals surface area contributed by atoms with Crippen molar-refractivity contribution >= 4 is 22.0 Å². The van der Waals surface area contributed by atoms with Crippen LogP contribution in [0, 0.1) is 6.92 Å². The number of nitrogens with zero attached hydrogens (tertiary/aromatic N) is 1. The third-order valence-corrected chi connectivity index (χ3v) is 6.75. The van der Waals surface area contributed by atoms with E-state index in [1.165, 1.54) is 29.6 Å². The first-order valence-corrected chi connectivity index (χ1v) is 10.9. The number of benzene rings is 2. The van der Waals surface area contributed by atoms with Gasteiger partial charge in [0.05, 0.1) is 35.8 Å². The zero-order valence-electron chi connectivity index (χ0n) is 17.0. The van der Waals surface area contributed by atoms with Gasteiger partial charge in [0.25, 0.3) is 0 Å². The summed E-state index contributed by atoms with van der Waals surface area (Å²) in [6.45, 7) is 3.76. The molecule has 1 unspecified atom stereocenters. The summed E-state index contributed by atoms with van der Waals surface area (Å²) in [4.78, 5) is 24.5. The predicted molar refractivity (Wildman–Crippen MR) is 110 cm³/mol. The molecule has 3 rings (SSSR count). The minimum Gasteiger partial charge on any atom is -0.465 e. The molecule has 0 amide bonds. The zero-order valence-corrected chi connectivity index (χ0v) is 17.8. The average Bonchev–Trinajstić information content (AvgIpc) is 3.20. The fourth-order valence-electron chi connectivity index (χ4n) is 3.40. The third-order valence-electron chi connectivity index (χ3n) is 4.86. The van der Waals surface area contributed by atoms with Crippen molar-refractivity contribution in [3.05, 3.63) is 76.9 Å². The van der Waals surface area contributed by atoms with Crippen LogP contribution in [0.2, 0.25) is 0 Å². The van der Waals surface area contributed by atoms with Crippen LogP contribution in [0.25, 0.3) is 0 Å². The Morgan fingerprint density at radius 1 is 1.07 bits per heavy atom. The normalized spacial score (nSPS) is 16.8. The molecule has 2 aromatic carbocycles. The minimum absolute atomic E-state index is 0.0233. The molecule has 0 saturated carbocycles. The molecule has 0 spiro atoms. The standard InChI is InChI=1S/C22H23NO6S/c1-4-29-22(25)18-13-14-23(20(18)16-11-9-15(2)10-12-16)30(26,27)19-8-6-5-7-17(19)21(24)28-3/h5-13,20H,4,14H2,1-3H3. The van der Waals surface area contributed by atoms with Crippen molar-refractivity contribution in [2.45, 2.75) is 24.8 Å². The number of aryl methyl sites for hydroxylation is 1. The maximum Gasteiger partial charge on any atom is 0.339 e. The lowest BCUT2D eigenvalue weighted by molar-refractivity contribution is -0.138. The van der Waals surface area contributed by atoms with E-state index in [9.17, 15) is 18.0 Å². The van der Waals surface area contributed by atoms with E-state index in [-0.39, 0.29) is 29.2 Å². The van der Waals surface area contributed by atoms with Crippen molar-refractivity contribution in [3.8, 4) is 0 Å². The Morgan fingerprint density at radius 2 is 1.73 bits per heavy atom. The van der Waals surface area contributed by atoms with Crippen molar-refractivity contribution in [2.75, 3.05) is 20.3 Å². The number of methoxy groups -OCH3 is 1. The van der Waals surface area contributed by atoms with Crippen molar-refractivity contribution < 1.29 is 27.5 Å². The number of sulfonamides is 1. The fourth-order valence-corrected chi connectivity index (χ4v) is 5.11. The van der Waals surface area contributed by atoms with Gasteiger partial charge in [0.15, 0.2) is 0 Å². The lowest BCUT2D eigenvalue weighted by atomic mass is 10.00. The Balaban J connectivity index is 2.11. The van der Waals surface area contributed by atoms with Crippen LogP contribution in [0.15, 0.2) is 65.1 Å². The first-order chi connectivity index (χ1) is 14.3. The smallest absolute Gasteiger partial charge is 0.339 e. The van der Waals surface area contributed by atoms with E-state index in [4.69, 9.17) is 9.47 Å². The second kappa shape index (κ2) is 8.81. The van der Waals surface area contributed by atoms with E-state index in [1.54, 1.807) is 31.2 Å². The van der Waals surface area contributed by atoms with Crippen LogP contribution in [-0.2, 0) is 24.3 Å². The Hall–Kier alpha value is -2.97. The molecule has 1 atom stereocenters. The number of carbonyl (C=O) groups excluding carboxylic acids is 2. The van der Waals surface area contributed by atoms with Gasteiger partial charge in [0.2, 0.25) is 10.0 Å². The molecule has 0 fully saturated rings. The van der Waals surface area contributed by atoms with Crippen LogP contribution in [0.3, 0.4) is 0 Å². The molecule has 0 aromatic heterocycles. The SMILES string of the molecule is CCOC(=O)C1=CCN(S(=O)(=O)c2ccccc2C(=O)OC)C1c1ccc(C)cc1. The van der Waals surface area contributed by atoms with Gasteiger partial charge in [-0.3, -0.25) is 0 Å². The Labute approximate surface area is 176 Å². The van der Waals surface area contributed by atoms with E-state index >= 15 is 0 Å². The van der Waals surface area contributed by atoms with Gasteiger partial charge in [-0.2, -0.15) is 4.31 Å². The summed E-state index contributed by atoms with van der Waals surface area (Å²) in [5.41, 5.74) is 1.83. The van der Waals surface area contributed by atoms with Gasteiger partial charge in [-0.15, -0.1) is 0 Å². The van der Waals surface area contributed by atoms with Crippen molar-refractivity contribution in [3.63, 3.8) is 0 Å². The molecule has 1 aliphatic heterocycles. The summed E-state index contributed by atoms with van der Waals surface area (Å²) in [7, 11) is -2.95. The predicted octanol–water partition coefficient (Wildman–Crippen LogP) is 3.02. The van der Waals surface area contributed by atoms with E-state index in [0.29, 0.717) is 5.56 Å². The van der Waals surface area contributed by atoms with Gasteiger partial charge in [-0.25, -0.2) is 18.0 Å². The molecule has 0 bridgehead atoms. The van der Waals surface area contributed by atoms with Crippen LogP contribution in [-0.4, -0.2) is 44.9 Å². The van der Waals surface area contributed by atoms with Crippen LogP contribution in [0.1, 0.15) is 34.5 Å². The minimum atomic E-state index is -4.14. The Bertz CT molecular complexity index is 1090. The highest BCUT2D eigenvalue weighted by molar-refractivity contribution is 7.89. The highest BCUT2D eigenvalue weighted by Gasteiger charge is 2.42. The third kappa shape index (κ3) is 4.01. The van der Waals surface area contributed by atoms with E-state index in [0.717, 1.165) is 5.56 Å². The Morgan fingerprint density at radius 3 is 2.37 bits per heavy atom. The molecular weight excluding hydrogens is 406 g/mol. The van der Waals surface area contributed by atoms with Gasteiger partial charge >= 0.3 is 11.9 Å². The largest absolute Gasteiger partial charge is 0.465 e. The lowest BCUT2D eigenvalue weighted by Crippen LogP contribution is -2.34. The number of hydrogen-bond donors (Lipinski definition) is 0. The van der Waals surface area contributed by atoms with E-state index in [1.807, 2.05) is 19.1 Å². The summed E-state index contributed by atoms with van der Waals surface area (Å²) in [5, 5.41) is 0. The number of carbonyl (C=O) groups is 2. The summed E-state index contributed by atoms with van der Waals surface area (Å²) >= 11 is 0. The molecule has 0 saturated heterocycles. The van der Waals surface area contributed by atoms with Crippen molar-refractivity contribution in [1.29, 1.82) is 0 Å². The first-order valence-electron chi connectivity index (χ1n) is 9.44. The molecule has 30 heavy (non-hydrogen) atoms. The molecular formula is C22H23NO6S. The van der Waals surface area contributed by atoms with E-state index < -0.39 is 28.0 Å². The summed E-state index contributed by atoms with van der Waals surface area (Å²) < 4.78 is 38.3. The van der Waals surface area contributed by atoms with Gasteiger partial charge in [-0.05, 0) is 31.5 Å². The molecule has 158 valence electrons. The molecule has 0 aliphatic carbocycles. The number of esters is 2. The van der Waals surface area contributed by atoms with Crippen molar-refractivity contribution in [1.82, 2.24) is 4.31 Å². The fraction of sp³-hybridized carbons (Fsp3) is 0.273. The Kier molecular flexibility index (Phi) is 6.38. The quantitative estimate of drug-likeness (QED) is 0.656. The lowest BCUT2D eigenvalue weighted by Gasteiger charge is -2.27. The maximum atomic E-state index is 13.6. The summed E-state index contributed by atoms with van der Waals surface area (Å²) in [6, 6.07) is 12.3. The number of ether oxygens (including phenoxy) is 2. The average molecular weight is 429 g/mol. The molecule has 0 N–H and O–H groups in total. The van der Waals surface area contributed by atoms with Crippen molar-refractivity contribution in [2.24, 2.45) is 0 Å². The second-order valence-electron chi connectivity index (χ2n) is 6.76. The first kappa shape index (κ1) is 21.7. The molecule has 2 aromatic rings. The van der Waals surface area contributed by atoms with Crippen LogP contribution in [0.5, 0.6) is 0 Å². The highest BCUT2D eigenvalue weighted by Crippen LogP contribution is 2.39. The maximum absolute atomic E-state index is 13.6. The van der Waals surface area contributed by atoms with Gasteiger partial charge in [-0.1, -0.05) is 48.0 Å². The molecule has 0 radical (unpaired) electrons. The summed E-state index contributed by atoms with van der Waals surface area (Å²) in [5.74, 6) is -1.32. The molecule has 8 heteroatoms. The number of rotatable bonds is 6. The van der Waals surface area contributed by atoms with Gasteiger partial charge in [0, 0.05) is 6.54 Å². The molecule has 7 nitrogen and oxygen atoms in total. The summed E-state index contributed by atoms with van der Waals surface area (Å²) in [6.07, 6.45) is 1.56. The second-order valence-corrected chi connectivity index (χ2v) is 8.61. The van der Waals surface area contributed by atoms with Crippen LogP contribution >= 0.6 is 0 Å². The van der Waals surface area contributed by atoms with Gasteiger partial charge < -0.3 is 9.47 Å². The van der Waals surface area contributed by atoms with Crippen LogP contribution in [0.4, 0.5) is 0 Å². The highest BCUT2D eigenvalue weighted by atomic mass is 32.2. The zero-order chi connectivity index (χ0) is 21.9. The topological polar surface area (TPSA) is 90.0 Å². The monoisotopic (exact) mass is 429 g/mol. The molecule has 1 heterocycles.